The number of carboxylic acids is 1. The first-order valence-corrected chi connectivity index (χ1v) is 13.1. The number of hydrogen-bond acceptors (Lipinski definition) is 7. The van der Waals surface area contributed by atoms with E-state index in [1.165, 1.54) is 0 Å². The molecule has 9 nitrogen and oxygen atoms in total. The van der Waals surface area contributed by atoms with E-state index in [1.807, 2.05) is 26.0 Å². The van der Waals surface area contributed by atoms with E-state index in [-0.39, 0.29) is 30.7 Å². The molecule has 0 radical (unpaired) electrons. The smallest absolute Gasteiger partial charge is 0.345 e. The monoisotopic (exact) mass is 519 g/mol. The third-order valence-corrected chi connectivity index (χ3v) is 6.21. The summed E-state index contributed by atoms with van der Waals surface area (Å²) in [5.74, 6) is -1.52. The Kier molecular flexibility index (Phi) is 13.7. The lowest BCUT2D eigenvalue weighted by Crippen LogP contribution is -2.17. The summed E-state index contributed by atoms with van der Waals surface area (Å²) in [5.41, 5.74) is 1.65. The van der Waals surface area contributed by atoms with E-state index in [1.54, 1.807) is 36.4 Å². The molecule has 196 valence electrons. The molecule has 1 amide bonds. The van der Waals surface area contributed by atoms with Gasteiger partial charge in [0.2, 0.25) is 5.91 Å². The number of para-hydroxylation sites is 1. The zero-order chi connectivity index (χ0) is 26.2. The zero-order valence-corrected chi connectivity index (χ0v) is 21.6. The Morgan fingerprint density at radius 1 is 0.861 bits per heavy atom. The second-order valence-electron chi connectivity index (χ2n) is 7.72. The van der Waals surface area contributed by atoms with Crippen LogP contribution in [0, 0.1) is 0 Å². The Labute approximate surface area is 213 Å². The fourth-order valence-corrected chi connectivity index (χ4v) is 4.09. The Balaban J connectivity index is 1.81. The number of carbonyl (C=O) groups excluding carboxylic acids is 2. The molecule has 0 aliphatic rings. The molecule has 2 aromatic carbocycles. The van der Waals surface area contributed by atoms with Gasteiger partial charge in [0.1, 0.15) is 5.75 Å². The van der Waals surface area contributed by atoms with Crippen LogP contribution in [-0.4, -0.2) is 42.8 Å². The molecule has 0 aliphatic carbocycles. The number of carbonyl (C=O) groups is 3. The molecular weight excluding hydrogens is 485 g/mol. The van der Waals surface area contributed by atoms with Gasteiger partial charge in [-0.2, -0.15) is 0 Å². The minimum absolute atomic E-state index is 0.0454. The van der Waals surface area contributed by atoms with Crippen LogP contribution in [0.4, 0.5) is 5.69 Å². The highest BCUT2D eigenvalue weighted by Gasteiger charge is 2.16. The molecule has 0 saturated carbocycles. The SMILES string of the molecule is CCOP(OCC)OCCCCc1ccc(OC(=O)c2ccccc2NC(=O)CCCC(=O)O)cc1. The predicted molar refractivity (Wildman–Crippen MR) is 137 cm³/mol. The minimum Gasteiger partial charge on any atom is -0.481 e. The largest absolute Gasteiger partial charge is 0.481 e. The first kappa shape index (κ1) is 29.4. The van der Waals surface area contributed by atoms with Crippen LogP contribution >= 0.6 is 8.60 Å². The number of anilines is 1. The van der Waals surface area contributed by atoms with Crippen molar-refractivity contribution in [2.45, 2.75) is 52.4 Å². The molecule has 10 heteroatoms. The molecule has 0 saturated heterocycles. The van der Waals surface area contributed by atoms with Crippen LogP contribution < -0.4 is 10.1 Å². The topological polar surface area (TPSA) is 120 Å². The van der Waals surface area contributed by atoms with Gasteiger partial charge in [-0.3, -0.25) is 9.59 Å². The quantitative estimate of drug-likeness (QED) is 0.118. The fourth-order valence-electron chi connectivity index (χ4n) is 3.16. The van der Waals surface area contributed by atoms with E-state index in [0.29, 0.717) is 31.3 Å². The number of aryl methyl sites for hydroxylation is 1. The number of hydrogen-bond donors (Lipinski definition) is 2. The average Bonchev–Trinajstić information content (AvgIpc) is 2.85. The molecule has 0 unspecified atom stereocenters. The molecule has 0 heterocycles. The lowest BCUT2D eigenvalue weighted by atomic mass is 10.1. The van der Waals surface area contributed by atoms with E-state index in [9.17, 15) is 14.4 Å². The zero-order valence-electron chi connectivity index (χ0n) is 20.7. The van der Waals surface area contributed by atoms with Crippen molar-refractivity contribution in [3.05, 3.63) is 59.7 Å². The van der Waals surface area contributed by atoms with Gasteiger partial charge in [-0.25, -0.2) is 4.79 Å². The van der Waals surface area contributed by atoms with Crippen molar-refractivity contribution in [1.29, 1.82) is 0 Å². The van der Waals surface area contributed by atoms with Gasteiger partial charge in [0.05, 0.1) is 31.1 Å². The third kappa shape index (κ3) is 11.3. The number of nitrogens with one attached hydrogen (secondary N) is 1. The first-order chi connectivity index (χ1) is 17.4. The molecule has 0 aromatic heterocycles. The number of rotatable bonds is 17. The van der Waals surface area contributed by atoms with Crippen LogP contribution in [0.1, 0.15) is 61.9 Å². The maximum absolute atomic E-state index is 12.7. The van der Waals surface area contributed by atoms with E-state index >= 15 is 0 Å². The van der Waals surface area contributed by atoms with Crippen LogP contribution in [-0.2, 0) is 29.6 Å². The second kappa shape index (κ2) is 16.8. The van der Waals surface area contributed by atoms with Crippen molar-refractivity contribution in [1.82, 2.24) is 0 Å². The van der Waals surface area contributed by atoms with Crippen LogP contribution in [0.3, 0.4) is 0 Å². The molecule has 2 rings (SSSR count). The summed E-state index contributed by atoms with van der Waals surface area (Å²) in [6.07, 6.45) is 2.83. The highest BCUT2D eigenvalue weighted by molar-refractivity contribution is 7.41. The maximum Gasteiger partial charge on any atom is 0.345 e. The fraction of sp³-hybridized carbons (Fsp3) is 0.423. The summed E-state index contributed by atoms with van der Waals surface area (Å²) in [6.45, 7) is 5.48. The molecule has 2 aromatic rings. The number of amides is 1. The van der Waals surface area contributed by atoms with Crippen molar-refractivity contribution in [2.24, 2.45) is 0 Å². The standard InChI is InChI=1S/C26H34NO8P/c1-3-32-36(33-4-2)34-19-8-7-10-20-15-17-21(18-16-20)35-26(31)22-11-5-6-12-23(22)27-24(28)13-9-14-25(29)30/h5-6,11-12,15-18H,3-4,7-10,13-14,19H2,1-2H3,(H,27,28)(H,29,30). The van der Waals surface area contributed by atoms with Gasteiger partial charge >= 0.3 is 20.5 Å². The summed E-state index contributed by atoms with van der Waals surface area (Å²) in [6, 6.07) is 13.8. The molecule has 0 atom stereocenters. The number of benzene rings is 2. The number of unbranched alkanes of at least 4 members (excludes halogenated alkanes) is 1. The normalized spacial score (nSPS) is 10.9. The van der Waals surface area contributed by atoms with Crippen molar-refractivity contribution >= 4 is 32.1 Å². The lowest BCUT2D eigenvalue weighted by Gasteiger charge is -2.14. The Morgan fingerprint density at radius 2 is 1.56 bits per heavy atom. The Bertz CT molecular complexity index is 961. The van der Waals surface area contributed by atoms with Gasteiger partial charge in [0.25, 0.3) is 0 Å². The molecule has 0 spiro atoms. The van der Waals surface area contributed by atoms with E-state index < -0.39 is 20.5 Å². The molecule has 0 bridgehead atoms. The Hall–Kier alpha value is -2.84. The second-order valence-corrected chi connectivity index (χ2v) is 8.95. The molecule has 0 aliphatic heterocycles. The van der Waals surface area contributed by atoms with Crippen LogP contribution in [0.5, 0.6) is 5.75 Å². The van der Waals surface area contributed by atoms with E-state index in [0.717, 1.165) is 24.8 Å². The van der Waals surface area contributed by atoms with Crippen molar-refractivity contribution in [2.75, 3.05) is 25.1 Å². The van der Waals surface area contributed by atoms with E-state index in [4.69, 9.17) is 23.4 Å². The number of esters is 1. The first-order valence-electron chi connectivity index (χ1n) is 12.0. The summed E-state index contributed by atoms with van der Waals surface area (Å²) in [4.78, 5) is 35.4. The van der Waals surface area contributed by atoms with Crippen molar-refractivity contribution in [3.63, 3.8) is 0 Å². The highest BCUT2D eigenvalue weighted by Crippen LogP contribution is 2.39. The summed E-state index contributed by atoms with van der Waals surface area (Å²) < 4.78 is 22.0. The van der Waals surface area contributed by atoms with Crippen LogP contribution in [0.2, 0.25) is 0 Å². The van der Waals surface area contributed by atoms with Gasteiger partial charge in [0.15, 0.2) is 0 Å². The van der Waals surface area contributed by atoms with Crippen molar-refractivity contribution in [3.8, 4) is 5.75 Å². The van der Waals surface area contributed by atoms with Gasteiger partial charge < -0.3 is 28.7 Å². The molecule has 36 heavy (non-hydrogen) atoms. The average molecular weight is 520 g/mol. The third-order valence-electron chi connectivity index (χ3n) is 4.87. The Morgan fingerprint density at radius 3 is 2.22 bits per heavy atom. The molecule has 0 fully saturated rings. The summed E-state index contributed by atoms with van der Waals surface area (Å²) >= 11 is 0. The predicted octanol–water partition coefficient (Wildman–Crippen LogP) is 5.74. The molecule has 2 N–H and O–H groups in total. The van der Waals surface area contributed by atoms with Gasteiger partial charge in [-0.05, 0) is 69.4 Å². The van der Waals surface area contributed by atoms with Crippen molar-refractivity contribution < 1.29 is 37.8 Å². The molecular formula is C26H34NO8P. The van der Waals surface area contributed by atoms with Crippen LogP contribution in [0.15, 0.2) is 48.5 Å². The maximum atomic E-state index is 12.7. The highest BCUT2D eigenvalue weighted by atomic mass is 31.2. The number of ether oxygens (including phenoxy) is 1. The number of aliphatic carboxylic acids is 1. The van der Waals surface area contributed by atoms with Gasteiger partial charge in [0, 0.05) is 12.8 Å². The van der Waals surface area contributed by atoms with Gasteiger partial charge in [-0.15, -0.1) is 0 Å². The van der Waals surface area contributed by atoms with Crippen LogP contribution in [0.25, 0.3) is 0 Å². The summed E-state index contributed by atoms with van der Waals surface area (Å²) in [5, 5.41) is 11.4. The van der Waals surface area contributed by atoms with E-state index in [2.05, 4.69) is 5.32 Å². The lowest BCUT2D eigenvalue weighted by molar-refractivity contribution is -0.137. The minimum atomic E-state index is -1.27. The summed E-state index contributed by atoms with van der Waals surface area (Å²) in [7, 11) is -1.27. The van der Waals surface area contributed by atoms with Gasteiger partial charge in [-0.1, -0.05) is 24.3 Å². The number of carboxylic acid groups (broad SMARTS) is 1.